The Kier molecular flexibility index (Phi) is 10.2. The van der Waals surface area contributed by atoms with Crippen LogP contribution in [0.2, 0.25) is 5.02 Å². The van der Waals surface area contributed by atoms with Crippen LogP contribution in [0.15, 0.2) is 71.6 Å². The molecule has 1 heterocycles. The molecule has 216 valence electrons. The van der Waals surface area contributed by atoms with Crippen LogP contribution in [0.25, 0.3) is 6.08 Å². The third-order valence-corrected chi connectivity index (χ3v) is 7.40. The van der Waals surface area contributed by atoms with Crippen LogP contribution in [0.3, 0.4) is 0 Å². The van der Waals surface area contributed by atoms with Crippen molar-refractivity contribution in [1.29, 1.82) is 0 Å². The lowest BCUT2D eigenvalue weighted by Gasteiger charge is -2.19. The predicted molar refractivity (Wildman–Crippen MR) is 163 cm³/mol. The van der Waals surface area contributed by atoms with Crippen molar-refractivity contribution in [3.63, 3.8) is 0 Å². The Morgan fingerprint density at radius 1 is 0.829 bits per heavy atom. The first-order valence-corrected chi connectivity index (χ1v) is 14.6. The zero-order valence-corrected chi connectivity index (χ0v) is 25.2. The molecule has 2 amide bonds. The van der Waals surface area contributed by atoms with Gasteiger partial charge in [-0.15, -0.1) is 0 Å². The molecule has 1 aliphatic rings. The summed E-state index contributed by atoms with van der Waals surface area (Å²) in [5.74, 6) is 2.03. The van der Waals surface area contributed by atoms with Crippen molar-refractivity contribution in [2.24, 2.45) is 0 Å². The summed E-state index contributed by atoms with van der Waals surface area (Å²) in [6.45, 7) is 9.81. The van der Waals surface area contributed by atoms with Crippen LogP contribution in [-0.4, -0.2) is 49.0 Å². The Bertz CT molecular complexity index is 1400. The van der Waals surface area contributed by atoms with Gasteiger partial charge >= 0.3 is 0 Å². The van der Waals surface area contributed by atoms with E-state index in [-0.39, 0.29) is 29.7 Å². The normalized spacial score (nSPS) is 14.5. The minimum absolute atomic E-state index is 0.0881. The number of ether oxygens (including phenoxy) is 4. The fraction of sp³-hybridized carbons (Fsp3) is 0.312. The van der Waals surface area contributed by atoms with Gasteiger partial charge in [-0.2, -0.15) is 0 Å². The Hall–Kier alpha value is -3.62. The highest BCUT2D eigenvalue weighted by molar-refractivity contribution is 8.18. The number of para-hydroxylation sites is 1. The minimum Gasteiger partial charge on any atom is -0.490 e. The standard InChI is InChI=1S/C32H34ClNO6S/c1-5-37-28-20-22(10-15-27(28)40-19-18-38-24-13-11-23(12-14-24)32(2,3)4)21-29-30(35)34(31(36)41-29)16-17-39-26-9-7-6-8-25(26)33/h6-15,20-21H,5,16-19H2,1-4H3/b29-21-. The van der Waals surface area contributed by atoms with Crippen LogP contribution in [0.5, 0.6) is 23.0 Å². The van der Waals surface area contributed by atoms with E-state index in [2.05, 4.69) is 32.9 Å². The summed E-state index contributed by atoms with van der Waals surface area (Å²) in [6.07, 6.45) is 1.68. The van der Waals surface area contributed by atoms with Crippen LogP contribution >= 0.6 is 23.4 Å². The van der Waals surface area contributed by atoms with Crippen LogP contribution in [0.1, 0.15) is 38.8 Å². The summed E-state index contributed by atoms with van der Waals surface area (Å²) < 4.78 is 23.2. The molecule has 1 aliphatic heterocycles. The van der Waals surface area contributed by atoms with Crippen molar-refractivity contribution in [1.82, 2.24) is 4.90 Å². The van der Waals surface area contributed by atoms with Crippen molar-refractivity contribution in [3.05, 3.63) is 87.8 Å². The van der Waals surface area contributed by atoms with E-state index >= 15 is 0 Å². The molecular weight excluding hydrogens is 562 g/mol. The van der Waals surface area contributed by atoms with Gasteiger partial charge in [0.25, 0.3) is 11.1 Å². The average molecular weight is 596 g/mol. The first kappa shape index (κ1) is 30.3. The van der Waals surface area contributed by atoms with Gasteiger partial charge in [0.2, 0.25) is 0 Å². The molecular formula is C32H34ClNO6S. The average Bonchev–Trinajstić information content (AvgIpc) is 3.20. The van der Waals surface area contributed by atoms with E-state index in [1.54, 1.807) is 42.5 Å². The molecule has 0 radical (unpaired) electrons. The second kappa shape index (κ2) is 13.8. The van der Waals surface area contributed by atoms with E-state index < -0.39 is 0 Å². The van der Waals surface area contributed by atoms with Crippen molar-refractivity contribution >= 4 is 40.6 Å². The summed E-state index contributed by atoms with van der Waals surface area (Å²) in [6, 6.07) is 20.5. The Morgan fingerprint density at radius 2 is 1.54 bits per heavy atom. The third-order valence-electron chi connectivity index (χ3n) is 6.18. The fourth-order valence-electron chi connectivity index (χ4n) is 4.02. The molecule has 0 bridgehead atoms. The van der Waals surface area contributed by atoms with Gasteiger partial charge in [0, 0.05) is 0 Å². The molecule has 4 rings (SSSR count). The third kappa shape index (κ3) is 8.21. The van der Waals surface area contributed by atoms with Crippen LogP contribution < -0.4 is 18.9 Å². The lowest BCUT2D eigenvalue weighted by Crippen LogP contribution is -2.32. The lowest BCUT2D eigenvalue weighted by molar-refractivity contribution is -0.123. The smallest absolute Gasteiger partial charge is 0.293 e. The molecule has 0 spiro atoms. The number of rotatable bonds is 12. The van der Waals surface area contributed by atoms with Gasteiger partial charge in [0.05, 0.1) is 23.1 Å². The minimum atomic E-state index is -0.367. The number of thioether (sulfide) groups is 1. The fourth-order valence-corrected chi connectivity index (χ4v) is 5.07. The molecule has 0 unspecified atom stereocenters. The molecule has 41 heavy (non-hydrogen) atoms. The first-order valence-electron chi connectivity index (χ1n) is 13.4. The molecule has 0 N–H and O–H groups in total. The van der Waals surface area contributed by atoms with Crippen LogP contribution in [-0.2, 0) is 10.2 Å². The highest BCUT2D eigenvalue weighted by Crippen LogP contribution is 2.35. The number of benzene rings is 3. The second-order valence-electron chi connectivity index (χ2n) is 10.2. The number of imide groups is 1. The summed E-state index contributed by atoms with van der Waals surface area (Å²) in [5, 5.41) is 0.125. The summed E-state index contributed by atoms with van der Waals surface area (Å²) in [4.78, 5) is 26.9. The Balaban J connectivity index is 1.33. The monoisotopic (exact) mass is 595 g/mol. The zero-order valence-electron chi connectivity index (χ0n) is 23.6. The number of carbonyl (C=O) groups is 2. The quantitative estimate of drug-likeness (QED) is 0.158. The van der Waals surface area contributed by atoms with Crippen molar-refractivity contribution in [2.45, 2.75) is 33.1 Å². The lowest BCUT2D eigenvalue weighted by atomic mass is 9.87. The van der Waals surface area contributed by atoms with Gasteiger partial charge in [-0.25, -0.2) is 0 Å². The maximum atomic E-state index is 12.9. The number of hydrogen-bond donors (Lipinski definition) is 0. The van der Waals surface area contributed by atoms with Gasteiger partial charge in [-0.05, 0) is 77.7 Å². The molecule has 0 aromatic heterocycles. The first-order chi connectivity index (χ1) is 19.7. The highest BCUT2D eigenvalue weighted by Gasteiger charge is 2.34. The topological polar surface area (TPSA) is 74.3 Å². The van der Waals surface area contributed by atoms with Gasteiger partial charge in [-0.1, -0.05) is 62.7 Å². The highest BCUT2D eigenvalue weighted by atomic mass is 35.5. The molecule has 0 saturated carbocycles. The molecule has 7 nitrogen and oxygen atoms in total. The molecule has 3 aromatic rings. The van der Waals surface area contributed by atoms with E-state index in [4.69, 9.17) is 30.5 Å². The number of carbonyl (C=O) groups excluding carboxylic acids is 2. The molecule has 0 atom stereocenters. The molecule has 0 aliphatic carbocycles. The van der Waals surface area contributed by atoms with E-state index in [0.29, 0.717) is 52.6 Å². The van der Waals surface area contributed by atoms with Crippen LogP contribution in [0.4, 0.5) is 4.79 Å². The molecule has 1 saturated heterocycles. The maximum Gasteiger partial charge on any atom is 0.293 e. The second-order valence-corrected chi connectivity index (χ2v) is 11.6. The SMILES string of the molecule is CCOc1cc(/C=C2\SC(=O)N(CCOc3ccccc3Cl)C2=O)ccc1OCCOc1ccc(C(C)(C)C)cc1. The summed E-state index contributed by atoms with van der Waals surface area (Å²) in [5.41, 5.74) is 2.05. The van der Waals surface area contributed by atoms with E-state index in [9.17, 15) is 9.59 Å². The molecule has 1 fully saturated rings. The number of hydrogen-bond acceptors (Lipinski definition) is 7. The number of halogens is 1. The van der Waals surface area contributed by atoms with Crippen molar-refractivity contribution < 1.29 is 28.5 Å². The number of nitrogens with zero attached hydrogens (tertiary/aromatic N) is 1. The predicted octanol–water partition coefficient (Wildman–Crippen LogP) is 7.61. The molecule has 3 aromatic carbocycles. The van der Waals surface area contributed by atoms with Crippen molar-refractivity contribution in [2.75, 3.05) is 33.0 Å². The van der Waals surface area contributed by atoms with Crippen LogP contribution in [0, 0.1) is 0 Å². The van der Waals surface area contributed by atoms with Crippen molar-refractivity contribution in [3.8, 4) is 23.0 Å². The van der Waals surface area contributed by atoms with E-state index in [0.717, 1.165) is 17.5 Å². The van der Waals surface area contributed by atoms with E-state index in [1.165, 1.54) is 10.5 Å². The Morgan fingerprint density at radius 3 is 2.24 bits per heavy atom. The van der Waals surface area contributed by atoms with Gasteiger partial charge in [0.15, 0.2) is 11.5 Å². The summed E-state index contributed by atoms with van der Waals surface area (Å²) >= 11 is 7.00. The van der Waals surface area contributed by atoms with Gasteiger partial charge < -0.3 is 18.9 Å². The Labute approximate surface area is 250 Å². The van der Waals surface area contributed by atoms with Gasteiger partial charge in [0.1, 0.15) is 31.3 Å². The zero-order chi connectivity index (χ0) is 29.4. The molecule has 9 heteroatoms. The largest absolute Gasteiger partial charge is 0.490 e. The maximum absolute atomic E-state index is 12.9. The summed E-state index contributed by atoms with van der Waals surface area (Å²) in [7, 11) is 0. The number of amides is 2. The van der Waals surface area contributed by atoms with Gasteiger partial charge in [-0.3, -0.25) is 14.5 Å². The van der Waals surface area contributed by atoms with E-state index in [1.807, 2.05) is 25.1 Å².